The van der Waals surface area contributed by atoms with Crippen LogP contribution in [0.4, 0.5) is 0 Å². The van der Waals surface area contributed by atoms with E-state index in [0.717, 1.165) is 12.3 Å². The Morgan fingerprint density at radius 3 is 3.05 bits per heavy atom. The summed E-state index contributed by atoms with van der Waals surface area (Å²) in [6, 6.07) is 6.59. The highest BCUT2D eigenvalue weighted by Gasteiger charge is 2.31. The van der Waals surface area contributed by atoms with Gasteiger partial charge in [0.05, 0.1) is 0 Å². The van der Waals surface area contributed by atoms with Gasteiger partial charge < -0.3 is 5.11 Å². The molecule has 2 nitrogen and oxygen atoms in total. The molecule has 0 radical (unpaired) electrons. The van der Waals surface area contributed by atoms with Crippen molar-refractivity contribution in [1.82, 2.24) is 4.90 Å². The first-order valence-electron chi connectivity index (χ1n) is 7.83. The fraction of sp³-hybridized carbons (Fsp3) is 0.647. The highest BCUT2D eigenvalue weighted by molar-refractivity contribution is 5.38. The van der Waals surface area contributed by atoms with E-state index < -0.39 is 0 Å². The first-order chi connectivity index (χ1) is 9.28. The van der Waals surface area contributed by atoms with Crippen molar-refractivity contribution in [3.63, 3.8) is 0 Å². The standard InChI is InChI=1S/C17H25NO/c1-2-4-13-9-10-18(12-13)17-6-3-5-14-11-15(19)7-8-16(14)17/h7-8,11,13,17,19H,2-6,9-10,12H2,1H3. The van der Waals surface area contributed by atoms with Crippen molar-refractivity contribution in [2.45, 2.75) is 51.5 Å². The van der Waals surface area contributed by atoms with E-state index in [4.69, 9.17) is 0 Å². The number of benzene rings is 1. The topological polar surface area (TPSA) is 23.5 Å². The molecule has 0 amide bonds. The summed E-state index contributed by atoms with van der Waals surface area (Å²) in [4.78, 5) is 2.69. The lowest BCUT2D eigenvalue weighted by atomic mass is 9.86. The number of phenolic OH excluding ortho intramolecular Hbond substituents is 1. The second-order valence-corrected chi connectivity index (χ2v) is 6.23. The van der Waals surface area contributed by atoms with E-state index in [1.807, 2.05) is 12.1 Å². The van der Waals surface area contributed by atoms with Gasteiger partial charge in [0.2, 0.25) is 0 Å². The molecule has 1 aliphatic carbocycles. The number of fused-ring (bicyclic) bond motifs is 1. The van der Waals surface area contributed by atoms with E-state index in [9.17, 15) is 5.11 Å². The Balaban J connectivity index is 1.77. The molecule has 1 heterocycles. The van der Waals surface area contributed by atoms with Gasteiger partial charge in [0.1, 0.15) is 5.75 Å². The molecule has 2 unspecified atom stereocenters. The van der Waals surface area contributed by atoms with E-state index in [1.54, 1.807) is 0 Å². The quantitative estimate of drug-likeness (QED) is 0.890. The SMILES string of the molecule is CCCC1CCN(C2CCCc3cc(O)ccc32)C1. The summed E-state index contributed by atoms with van der Waals surface area (Å²) in [5.74, 6) is 1.33. The summed E-state index contributed by atoms with van der Waals surface area (Å²) in [6.07, 6.45) is 7.75. The van der Waals surface area contributed by atoms with Crippen LogP contribution in [0.3, 0.4) is 0 Å². The minimum Gasteiger partial charge on any atom is -0.508 e. The van der Waals surface area contributed by atoms with Crippen LogP contribution < -0.4 is 0 Å². The average molecular weight is 259 g/mol. The van der Waals surface area contributed by atoms with Crippen LogP contribution in [0.5, 0.6) is 5.75 Å². The van der Waals surface area contributed by atoms with Crippen LogP contribution in [-0.2, 0) is 6.42 Å². The maximum Gasteiger partial charge on any atom is 0.115 e. The molecule has 2 heteroatoms. The molecule has 3 rings (SSSR count). The van der Waals surface area contributed by atoms with E-state index in [-0.39, 0.29) is 0 Å². The summed E-state index contributed by atoms with van der Waals surface area (Å²) >= 11 is 0. The third-order valence-electron chi connectivity index (χ3n) is 4.86. The number of aromatic hydroxyl groups is 1. The highest BCUT2D eigenvalue weighted by Crippen LogP contribution is 2.38. The molecule has 1 aliphatic heterocycles. The van der Waals surface area contributed by atoms with E-state index in [1.165, 1.54) is 56.3 Å². The summed E-state index contributed by atoms with van der Waals surface area (Å²) in [5, 5.41) is 9.64. The molecule has 1 aromatic rings. The van der Waals surface area contributed by atoms with Gasteiger partial charge in [-0.2, -0.15) is 0 Å². The summed E-state index contributed by atoms with van der Waals surface area (Å²) in [5.41, 5.74) is 2.84. The number of hydrogen-bond donors (Lipinski definition) is 1. The van der Waals surface area contributed by atoms with Crippen LogP contribution in [0.1, 0.15) is 56.2 Å². The van der Waals surface area contributed by atoms with Crippen molar-refractivity contribution in [3.05, 3.63) is 29.3 Å². The lowest BCUT2D eigenvalue weighted by Gasteiger charge is -2.33. The zero-order chi connectivity index (χ0) is 13.2. The maximum atomic E-state index is 9.64. The first kappa shape index (κ1) is 13.0. The highest BCUT2D eigenvalue weighted by atomic mass is 16.3. The Morgan fingerprint density at radius 2 is 2.21 bits per heavy atom. The molecule has 1 N–H and O–H groups in total. The van der Waals surface area contributed by atoms with Crippen molar-refractivity contribution < 1.29 is 5.11 Å². The minimum absolute atomic E-state index is 0.421. The van der Waals surface area contributed by atoms with Gasteiger partial charge in [0.15, 0.2) is 0 Å². The smallest absolute Gasteiger partial charge is 0.115 e. The normalized spacial score (nSPS) is 27.4. The van der Waals surface area contributed by atoms with Gasteiger partial charge in [-0.1, -0.05) is 19.4 Å². The predicted octanol–water partition coefficient (Wildman–Crippen LogP) is 3.89. The van der Waals surface area contributed by atoms with Gasteiger partial charge in [-0.15, -0.1) is 0 Å². The second-order valence-electron chi connectivity index (χ2n) is 6.23. The van der Waals surface area contributed by atoms with Gasteiger partial charge >= 0.3 is 0 Å². The largest absolute Gasteiger partial charge is 0.508 e. The molecule has 0 saturated carbocycles. The Morgan fingerprint density at radius 1 is 1.32 bits per heavy atom. The monoisotopic (exact) mass is 259 g/mol. The van der Waals surface area contributed by atoms with E-state index in [2.05, 4.69) is 17.9 Å². The number of hydrogen-bond acceptors (Lipinski definition) is 2. The molecule has 104 valence electrons. The molecule has 0 spiro atoms. The van der Waals surface area contributed by atoms with Gasteiger partial charge in [-0.3, -0.25) is 4.90 Å². The average Bonchev–Trinajstić information content (AvgIpc) is 2.86. The third kappa shape index (κ3) is 2.64. The molecular weight excluding hydrogens is 234 g/mol. The molecule has 0 aromatic heterocycles. The summed E-state index contributed by atoms with van der Waals surface area (Å²) in [7, 11) is 0. The molecule has 2 aliphatic rings. The van der Waals surface area contributed by atoms with Gasteiger partial charge in [-0.05, 0) is 67.8 Å². The Bertz CT molecular complexity index is 443. The van der Waals surface area contributed by atoms with E-state index >= 15 is 0 Å². The molecule has 1 aromatic carbocycles. The second kappa shape index (κ2) is 5.54. The van der Waals surface area contributed by atoms with Crippen molar-refractivity contribution in [2.24, 2.45) is 5.92 Å². The van der Waals surface area contributed by atoms with Crippen molar-refractivity contribution in [1.29, 1.82) is 0 Å². The Hall–Kier alpha value is -1.02. The fourth-order valence-electron chi connectivity index (χ4n) is 3.94. The lowest BCUT2D eigenvalue weighted by Crippen LogP contribution is -2.29. The van der Waals surface area contributed by atoms with Crippen molar-refractivity contribution >= 4 is 0 Å². The predicted molar refractivity (Wildman–Crippen MR) is 78.4 cm³/mol. The molecule has 1 fully saturated rings. The molecule has 2 atom stereocenters. The van der Waals surface area contributed by atoms with Crippen LogP contribution in [0.2, 0.25) is 0 Å². The zero-order valence-electron chi connectivity index (χ0n) is 11.9. The number of aryl methyl sites for hydroxylation is 1. The zero-order valence-corrected chi connectivity index (χ0v) is 11.9. The maximum absolute atomic E-state index is 9.64. The minimum atomic E-state index is 0.421. The summed E-state index contributed by atoms with van der Waals surface area (Å²) in [6.45, 7) is 4.83. The lowest BCUT2D eigenvalue weighted by molar-refractivity contribution is 0.212. The van der Waals surface area contributed by atoms with Crippen LogP contribution in [0.15, 0.2) is 18.2 Å². The number of nitrogens with zero attached hydrogens (tertiary/aromatic N) is 1. The van der Waals surface area contributed by atoms with Gasteiger partial charge in [0.25, 0.3) is 0 Å². The number of phenols is 1. The molecular formula is C17H25NO. The summed E-state index contributed by atoms with van der Waals surface area (Å²) < 4.78 is 0. The number of likely N-dealkylation sites (tertiary alicyclic amines) is 1. The Labute approximate surface area is 116 Å². The first-order valence-corrected chi connectivity index (χ1v) is 7.83. The molecule has 1 saturated heterocycles. The fourth-order valence-corrected chi connectivity index (χ4v) is 3.94. The van der Waals surface area contributed by atoms with Crippen molar-refractivity contribution in [2.75, 3.05) is 13.1 Å². The van der Waals surface area contributed by atoms with Crippen LogP contribution in [0, 0.1) is 5.92 Å². The van der Waals surface area contributed by atoms with Crippen LogP contribution >= 0.6 is 0 Å². The van der Waals surface area contributed by atoms with Gasteiger partial charge in [0, 0.05) is 12.6 Å². The van der Waals surface area contributed by atoms with Gasteiger partial charge in [-0.25, -0.2) is 0 Å². The molecule has 19 heavy (non-hydrogen) atoms. The third-order valence-corrected chi connectivity index (χ3v) is 4.86. The Kier molecular flexibility index (Phi) is 3.79. The number of rotatable bonds is 3. The van der Waals surface area contributed by atoms with Crippen LogP contribution in [-0.4, -0.2) is 23.1 Å². The van der Waals surface area contributed by atoms with Crippen molar-refractivity contribution in [3.8, 4) is 5.75 Å². The van der Waals surface area contributed by atoms with Crippen LogP contribution in [0.25, 0.3) is 0 Å². The molecule has 0 bridgehead atoms. The van der Waals surface area contributed by atoms with E-state index in [0.29, 0.717) is 11.8 Å².